The van der Waals surface area contributed by atoms with Gasteiger partial charge in [0.25, 0.3) is 0 Å². The van der Waals surface area contributed by atoms with Crippen LogP contribution in [0.25, 0.3) is 0 Å². The fourth-order valence-corrected chi connectivity index (χ4v) is 1.32. The summed E-state index contributed by atoms with van der Waals surface area (Å²) in [6.07, 6.45) is 0. The highest BCUT2D eigenvalue weighted by atomic mass is 32.2. The number of thiocarbonyl (C=S) groups is 1. The maximum absolute atomic E-state index is 10.4. The lowest BCUT2D eigenvalue weighted by Gasteiger charge is -2.03. The van der Waals surface area contributed by atoms with E-state index in [2.05, 4.69) is 12.2 Å². The molecule has 0 bridgehead atoms. The zero-order valence-electron chi connectivity index (χ0n) is 3.96. The third-order valence-electron chi connectivity index (χ3n) is 0.735. The number of carbonyl (C=O) groups is 1. The van der Waals surface area contributed by atoms with Crippen LogP contribution in [0.1, 0.15) is 0 Å². The second kappa shape index (κ2) is 2.00. The van der Waals surface area contributed by atoms with E-state index in [1.54, 1.807) is 0 Å². The summed E-state index contributed by atoms with van der Waals surface area (Å²) in [6.45, 7) is 0.253. The van der Waals surface area contributed by atoms with E-state index in [4.69, 9.17) is 5.84 Å². The van der Waals surface area contributed by atoms with E-state index < -0.39 is 0 Å². The molecule has 0 atom stereocenters. The van der Waals surface area contributed by atoms with E-state index in [1.807, 2.05) is 0 Å². The third-order valence-corrected chi connectivity index (χ3v) is 1.99. The molecule has 0 spiro atoms. The Morgan fingerprint density at radius 1 is 1.88 bits per heavy atom. The summed E-state index contributed by atoms with van der Waals surface area (Å²) in [5, 5.41) is 1.29. The minimum atomic E-state index is 0.0255. The van der Waals surface area contributed by atoms with Crippen molar-refractivity contribution in [3.63, 3.8) is 0 Å². The Morgan fingerprint density at radius 3 is 2.62 bits per heavy atom. The lowest BCUT2D eigenvalue weighted by atomic mass is 10.7. The van der Waals surface area contributed by atoms with Crippen molar-refractivity contribution in [3.8, 4) is 0 Å². The molecule has 1 fully saturated rings. The van der Waals surface area contributed by atoms with Crippen LogP contribution in [0, 0.1) is 0 Å². The Bertz CT molecular complexity index is 146. The van der Waals surface area contributed by atoms with Gasteiger partial charge in [-0.1, -0.05) is 12.2 Å². The normalized spacial score (nSPS) is 20.4. The van der Waals surface area contributed by atoms with Gasteiger partial charge < -0.3 is 0 Å². The molecule has 0 unspecified atom stereocenters. The maximum Gasteiger partial charge on any atom is 0.216 e. The van der Waals surface area contributed by atoms with E-state index in [9.17, 15) is 4.79 Å². The molecule has 1 heterocycles. The summed E-state index contributed by atoms with van der Waals surface area (Å²) in [5.74, 6) is 5.22. The fourth-order valence-electron chi connectivity index (χ4n) is 0.392. The zero-order chi connectivity index (χ0) is 6.15. The number of rotatable bonds is 0. The summed E-state index contributed by atoms with van der Waals surface area (Å²) in [4.78, 5) is 10.4. The smallest absolute Gasteiger partial charge is 0.216 e. The van der Waals surface area contributed by atoms with E-state index in [0.717, 1.165) is 11.8 Å². The second-order valence-electron chi connectivity index (χ2n) is 1.37. The molecule has 0 aromatic rings. The maximum atomic E-state index is 10.4. The van der Waals surface area contributed by atoms with Crippen LogP contribution in [-0.4, -0.2) is 21.0 Å². The number of nitrogens with zero attached hydrogens (tertiary/aromatic N) is 1. The highest BCUT2D eigenvalue weighted by Gasteiger charge is 2.21. The van der Waals surface area contributed by atoms with E-state index in [0.29, 0.717) is 4.32 Å². The third kappa shape index (κ3) is 0.988. The van der Waals surface area contributed by atoms with Crippen LogP contribution in [0.3, 0.4) is 0 Å². The van der Waals surface area contributed by atoms with Crippen molar-refractivity contribution in [3.05, 3.63) is 0 Å². The van der Waals surface area contributed by atoms with Crippen LogP contribution in [0.4, 0.5) is 0 Å². The monoisotopic (exact) mass is 148 g/mol. The van der Waals surface area contributed by atoms with Crippen molar-refractivity contribution < 1.29 is 4.79 Å². The number of carbonyl (C=O) groups excluding carboxylic acids is 1. The van der Waals surface area contributed by atoms with Gasteiger partial charge in [0.05, 0.1) is 0 Å². The van der Waals surface area contributed by atoms with Crippen molar-refractivity contribution in [2.24, 2.45) is 5.84 Å². The quantitative estimate of drug-likeness (QED) is 0.378. The summed E-state index contributed by atoms with van der Waals surface area (Å²) >= 11 is 5.68. The summed E-state index contributed by atoms with van der Waals surface area (Å²) in [7, 11) is 0. The number of nitrogens with two attached hydrogens (primary N) is 1. The summed E-state index contributed by atoms with van der Waals surface area (Å²) in [5.41, 5.74) is 0. The van der Waals surface area contributed by atoms with Crippen molar-refractivity contribution >= 4 is 33.4 Å². The Hall–Kier alpha value is -0.130. The molecule has 0 radical (unpaired) electrons. The Labute approximate surface area is 56.2 Å². The van der Waals surface area contributed by atoms with Gasteiger partial charge in [-0.25, -0.2) is 5.84 Å². The van der Waals surface area contributed by atoms with Crippen molar-refractivity contribution in [1.29, 1.82) is 0 Å². The molecular formula is C3H4N2OS2. The molecule has 1 rings (SSSR count). The van der Waals surface area contributed by atoms with Crippen LogP contribution < -0.4 is 5.84 Å². The molecule has 8 heavy (non-hydrogen) atoms. The van der Waals surface area contributed by atoms with Gasteiger partial charge in [0.2, 0.25) is 5.12 Å². The standard InChI is InChI=1S/C3H4N2OS2/c4-5-1-2(6)8-3(5)7/h1,4H2. The van der Waals surface area contributed by atoms with E-state index in [1.165, 1.54) is 5.01 Å². The average Bonchev–Trinajstić information content (AvgIpc) is 1.85. The van der Waals surface area contributed by atoms with Crippen LogP contribution in [0.2, 0.25) is 0 Å². The van der Waals surface area contributed by atoms with Crippen LogP contribution in [0.5, 0.6) is 0 Å². The fraction of sp³-hybridized carbons (Fsp3) is 0.333. The number of hydrazine groups is 1. The second-order valence-corrected chi connectivity index (χ2v) is 3.06. The molecule has 0 aromatic carbocycles. The average molecular weight is 148 g/mol. The van der Waals surface area contributed by atoms with Gasteiger partial charge >= 0.3 is 0 Å². The molecule has 1 aliphatic heterocycles. The first-order valence-corrected chi connectivity index (χ1v) is 3.19. The summed E-state index contributed by atoms with van der Waals surface area (Å²) in [6, 6.07) is 0. The molecule has 0 saturated carbocycles. The highest BCUT2D eigenvalue weighted by molar-refractivity contribution is 8.33. The molecule has 0 amide bonds. The van der Waals surface area contributed by atoms with Gasteiger partial charge in [-0.15, -0.1) is 0 Å². The van der Waals surface area contributed by atoms with Crippen molar-refractivity contribution in [2.45, 2.75) is 0 Å². The Balaban J connectivity index is 2.64. The highest BCUT2D eigenvalue weighted by Crippen LogP contribution is 2.15. The number of hydrogen-bond donors (Lipinski definition) is 1. The molecule has 5 heteroatoms. The SMILES string of the molecule is NN1CC(=O)SC1=S. The van der Waals surface area contributed by atoms with Gasteiger partial charge in [-0.05, 0) is 11.8 Å². The molecule has 3 nitrogen and oxygen atoms in total. The van der Waals surface area contributed by atoms with Gasteiger partial charge in [-0.3, -0.25) is 9.80 Å². The molecule has 1 saturated heterocycles. The van der Waals surface area contributed by atoms with E-state index in [-0.39, 0.29) is 11.7 Å². The van der Waals surface area contributed by atoms with Crippen LogP contribution in [0.15, 0.2) is 0 Å². The largest absolute Gasteiger partial charge is 0.287 e. The first-order valence-electron chi connectivity index (χ1n) is 1.97. The van der Waals surface area contributed by atoms with Gasteiger partial charge in [-0.2, -0.15) is 0 Å². The minimum absolute atomic E-state index is 0.0255. The Kier molecular flexibility index (Phi) is 1.50. The Morgan fingerprint density at radius 2 is 2.50 bits per heavy atom. The molecule has 0 aliphatic carbocycles. The predicted molar refractivity (Wildman–Crippen MR) is 36.1 cm³/mol. The number of hydrogen-bond acceptors (Lipinski definition) is 4. The molecular weight excluding hydrogens is 144 g/mol. The first kappa shape index (κ1) is 6.00. The minimum Gasteiger partial charge on any atom is -0.287 e. The van der Waals surface area contributed by atoms with Gasteiger partial charge in [0, 0.05) is 0 Å². The lowest BCUT2D eigenvalue weighted by molar-refractivity contribution is -0.110. The van der Waals surface area contributed by atoms with Crippen molar-refractivity contribution in [1.82, 2.24) is 5.01 Å². The van der Waals surface area contributed by atoms with Crippen LogP contribution in [-0.2, 0) is 4.79 Å². The molecule has 0 aromatic heterocycles. The van der Waals surface area contributed by atoms with E-state index >= 15 is 0 Å². The first-order chi connectivity index (χ1) is 3.70. The predicted octanol–water partition coefficient (Wildman–Crippen LogP) is -0.280. The number of thioether (sulfide) groups is 1. The summed E-state index contributed by atoms with van der Waals surface area (Å²) < 4.78 is 0.468. The lowest BCUT2D eigenvalue weighted by Crippen LogP contribution is -2.30. The van der Waals surface area contributed by atoms with Crippen LogP contribution >= 0.6 is 24.0 Å². The van der Waals surface area contributed by atoms with Gasteiger partial charge in [0.15, 0.2) is 4.32 Å². The van der Waals surface area contributed by atoms with Gasteiger partial charge in [0.1, 0.15) is 6.54 Å². The van der Waals surface area contributed by atoms with Crippen molar-refractivity contribution in [2.75, 3.05) is 6.54 Å². The molecule has 1 aliphatic rings. The zero-order valence-corrected chi connectivity index (χ0v) is 5.59. The molecule has 44 valence electrons. The molecule has 2 N–H and O–H groups in total. The topological polar surface area (TPSA) is 46.3 Å².